The predicted octanol–water partition coefficient (Wildman–Crippen LogP) is 1.52. The number of fused-ring (bicyclic) bond motifs is 2. The first-order chi connectivity index (χ1) is 14.2. The Kier molecular flexibility index (Phi) is 4.79. The van der Waals surface area contributed by atoms with E-state index in [1.54, 1.807) is 17.1 Å². The molecule has 0 saturated carbocycles. The molecule has 1 aliphatic heterocycles. The van der Waals surface area contributed by atoms with Crippen LogP contribution in [0.1, 0.15) is 29.8 Å². The Bertz CT molecular complexity index is 1080. The highest BCUT2D eigenvalue weighted by atomic mass is 16.1. The van der Waals surface area contributed by atoms with Crippen molar-refractivity contribution in [3.63, 3.8) is 0 Å². The quantitative estimate of drug-likeness (QED) is 0.724. The van der Waals surface area contributed by atoms with E-state index >= 15 is 0 Å². The Morgan fingerprint density at radius 2 is 1.86 bits per heavy atom. The largest absolute Gasteiger partial charge is 0.354 e. The number of aryl methyl sites for hydroxylation is 3. The van der Waals surface area contributed by atoms with Gasteiger partial charge in [-0.15, -0.1) is 0 Å². The summed E-state index contributed by atoms with van der Waals surface area (Å²) in [4.78, 5) is 29.4. The standard InChI is InChI=1S/C21H27N7O/c1-15-12-18-20(24-15)21(23-14-22-18)27-9-6-26(7-10-27)8-11-28-19(29)13-16-4-2-3-5-17(16)25-28/h12-14,24H,2-11H2,1H3. The summed E-state index contributed by atoms with van der Waals surface area (Å²) in [5, 5.41) is 4.64. The van der Waals surface area contributed by atoms with Gasteiger partial charge in [-0.3, -0.25) is 9.69 Å². The number of hydrogen-bond donors (Lipinski definition) is 1. The Balaban J connectivity index is 1.22. The highest BCUT2D eigenvalue weighted by Crippen LogP contribution is 2.23. The van der Waals surface area contributed by atoms with Crippen LogP contribution in [-0.4, -0.2) is 62.4 Å². The number of nitrogens with zero attached hydrogens (tertiary/aromatic N) is 6. The lowest BCUT2D eigenvalue weighted by atomic mass is 9.97. The number of aromatic amines is 1. The minimum atomic E-state index is 0.0368. The van der Waals surface area contributed by atoms with Gasteiger partial charge in [-0.25, -0.2) is 14.6 Å². The fraction of sp³-hybridized carbons (Fsp3) is 0.524. The molecule has 0 radical (unpaired) electrons. The van der Waals surface area contributed by atoms with Gasteiger partial charge in [-0.05, 0) is 44.2 Å². The summed E-state index contributed by atoms with van der Waals surface area (Å²) in [5.74, 6) is 0.982. The highest BCUT2D eigenvalue weighted by molar-refractivity contribution is 5.86. The predicted molar refractivity (Wildman–Crippen MR) is 112 cm³/mol. The smallest absolute Gasteiger partial charge is 0.267 e. The van der Waals surface area contributed by atoms with Gasteiger partial charge in [0.15, 0.2) is 5.82 Å². The third kappa shape index (κ3) is 3.64. The van der Waals surface area contributed by atoms with Crippen LogP contribution in [0.4, 0.5) is 5.82 Å². The van der Waals surface area contributed by atoms with E-state index in [2.05, 4.69) is 35.9 Å². The van der Waals surface area contributed by atoms with Gasteiger partial charge in [0.2, 0.25) is 0 Å². The maximum absolute atomic E-state index is 12.4. The summed E-state index contributed by atoms with van der Waals surface area (Å²) >= 11 is 0. The van der Waals surface area contributed by atoms with Gasteiger partial charge in [0, 0.05) is 44.5 Å². The number of rotatable bonds is 4. The zero-order valence-corrected chi connectivity index (χ0v) is 16.9. The van der Waals surface area contributed by atoms with Gasteiger partial charge in [0.25, 0.3) is 5.56 Å². The van der Waals surface area contributed by atoms with Crippen LogP contribution in [0.25, 0.3) is 11.0 Å². The molecule has 3 aromatic heterocycles. The molecule has 1 fully saturated rings. The topological polar surface area (TPSA) is 82.9 Å². The second kappa shape index (κ2) is 7.59. The van der Waals surface area contributed by atoms with Gasteiger partial charge in [0.1, 0.15) is 11.8 Å². The van der Waals surface area contributed by atoms with Crippen molar-refractivity contribution in [1.29, 1.82) is 0 Å². The molecule has 5 rings (SSSR count). The van der Waals surface area contributed by atoms with Gasteiger partial charge in [0.05, 0.1) is 17.8 Å². The van der Waals surface area contributed by atoms with Gasteiger partial charge < -0.3 is 9.88 Å². The van der Waals surface area contributed by atoms with Crippen molar-refractivity contribution in [2.45, 2.75) is 39.2 Å². The number of H-pyrrole nitrogens is 1. The summed E-state index contributed by atoms with van der Waals surface area (Å²) in [6.45, 7) is 7.27. The molecule has 8 nitrogen and oxygen atoms in total. The molecular weight excluding hydrogens is 366 g/mol. The SMILES string of the molecule is Cc1cc2ncnc(N3CCN(CCn4nc5c(cc4=O)CCCC5)CC3)c2[nH]1. The van der Waals surface area contributed by atoms with Crippen LogP contribution in [-0.2, 0) is 19.4 Å². The molecule has 0 amide bonds. The summed E-state index contributed by atoms with van der Waals surface area (Å²) < 4.78 is 1.66. The van der Waals surface area contributed by atoms with Crippen LogP contribution in [0, 0.1) is 6.92 Å². The first kappa shape index (κ1) is 18.3. The van der Waals surface area contributed by atoms with Crippen molar-refractivity contribution in [1.82, 2.24) is 29.6 Å². The van der Waals surface area contributed by atoms with E-state index in [-0.39, 0.29) is 5.56 Å². The fourth-order valence-corrected chi connectivity index (χ4v) is 4.48. The molecule has 8 heteroatoms. The van der Waals surface area contributed by atoms with Crippen molar-refractivity contribution in [3.05, 3.63) is 45.8 Å². The Morgan fingerprint density at radius 1 is 1.03 bits per heavy atom. The summed E-state index contributed by atoms with van der Waals surface area (Å²) in [6, 6.07) is 3.86. The number of piperazine rings is 1. The first-order valence-corrected chi connectivity index (χ1v) is 10.5. The molecule has 0 spiro atoms. The lowest BCUT2D eigenvalue weighted by Crippen LogP contribution is -2.48. The molecule has 1 aliphatic carbocycles. The van der Waals surface area contributed by atoms with Crippen molar-refractivity contribution < 1.29 is 0 Å². The van der Waals surface area contributed by atoms with Crippen molar-refractivity contribution in [2.24, 2.45) is 0 Å². The highest BCUT2D eigenvalue weighted by Gasteiger charge is 2.21. The van der Waals surface area contributed by atoms with Crippen LogP contribution < -0.4 is 10.5 Å². The molecular formula is C21H27N7O. The summed E-state index contributed by atoms with van der Waals surface area (Å²) in [5.41, 5.74) is 5.39. The maximum atomic E-state index is 12.4. The molecule has 1 N–H and O–H groups in total. The van der Waals surface area contributed by atoms with E-state index in [0.29, 0.717) is 6.54 Å². The van der Waals surface area contributed by atoms with Crippen LogP contribution in [0.2, 0.25) is 0 Å². The zero-order chi connectivity index (χ0) is 19.8. The minimum Gasteiger partial charge on any atom is -0.354 e. The Morgan fingerprint density at radius 3 is 2.72 bits per heavy atom. The summed E-state index contributed by atoms with van der Waals surface area (Å²) in [7, 11) is 0. The average Bonchev–Trinajstić information content (AvgIpc) is 3.13. The van der Waals surface area contributed by atoms with Crippen LogP contribution >= 0.6 is 0 Å². The van der Waals surface area contributed by atoms with Gasteiger partial charge in [-0.1, -0.05) is 0 Å². The lowest BCUT2D eigenvalue weighted by molar-refractivity contribution is 0.242. The van der Waals surface area contributed by atoms with E-state index in [0.717, 1.165) is 79.4 Å². The molecule has 0 atom stereocenters. The zero-order valence-electron chi connectivity index (χ0n) is 16.9. The Hall–Kier alpha value is -2.74. The molecule has 152 valence electrons. The number of aromatic nitrogens is 5. The minimum absolute atomic E-state index is 0.0368. The Labute approximate surface area is 169 Å². The van der Waals surface area contributed by atoms with Crippen LogP contribution in [0.15, 0.2) is 23.3 Å². The van der Waals surface area contributed by atoms with E-state index in [1.807, 2.05) is 6.92 Å². The number of anilines is 1. The molecule has 3 aromatic rings. The maximum Gasteiger partial charge on any atom is 0.267 e. The van der Waals surface area contributed by atoms with Crippen molar-refractivity contribution in [2.75, 3.05) is 37.6 Å². The van der Waals surface area contributed by atoms with E-state index < -0.39 is 0 Å². The lowest BCUT2D eigenvalue weighted by Gasteiger charge is -2.35. The third-order valence-electron chi connectivity index (χ3n) is 6.11. The average molecular weight is 393 g/mol. The second-order valence-electron chi connectivity index (χ2n) is 8.12. The van der Waals surface area contributed by atoms with Crippen LogP contribution in [0.3, 0.4) is 0 Å². The molecule has 4 heterocycles. The fourth-order valence-electron chi connectivity index (χ4n) is 4.48. The third-order valence-corrected chi connectivity index (χ3v) is 6.11. The number of hydrogen-bond acceptors (Lipinski definition) is 6. The van der Waals surface area contributed by atoms with Crippen molar-refractivity contribution >= 4 is 16.9 Å². The number of nitrogens with one attached hydrogen (secondary N) is 1. The molecule has 0 aromatic carbocycles. The van der Waals surface area contributed by atoms with E-state index in [1.165, 1.54) is 12.8 Å². The van der Waals surface area contributed by atoms with Gasteiger partial charge >= 0.3 is 0 Å². The molecule has 0 unspecified atom stereocenters. The molecule has 29 heavy (non-hydrogen) atoms. The van der Waals surface area contributed by atoms with Crippen molar-refractivity contribution in [3.8, 4) is 0 Å². The molecule has 2 aliphatic rings. The first-order valence-electron chi connectivity index (χ1n) is 10.5. The molecule has 1 saturated heterocycles. The second-order valence-corrected chi connectivity index (χ2v) is 8.12. The summed E-state index contributed by atoms with van der Waals surface area (Å²) in [6.07, 6.45) is 5.99. The van der Waals surface area contributed by atoms with E-state index in [4.69, 9.17) is 0 Å². The van der Waals surface area contributed by atoms with Crippen LogP contribution in [0.5, 0.6) is 0 Å². The van der Waals surface area contributed by atoms with E-state index in [9.17, 15) is 4.79 Å². The molecule has 0 bridgehead atoms. The van der Waals surface area contributed by atoms with Gasteiger partial charge in [-0.2, -0.15) is 5.10 Å². The normalized spacial score (nSPS) is 17.6. The monoisotopic (exact) mass is 393 g/mol.